The molecule has 0 atom stereocenters. The molecular formula is C7H11N7O2S. The Hall–Kier alpha value is -1.81. The SMILES string of the molecule is CS(=O)(=O)NCCNc1cncc2nnnn12. The lowest BCUT2D eigenvalue weighted by Gasteiger charge is -2.06. The van der Waals surface area contributed by atoms with E-state index in [0.29, 0.717) is 18.0 Å². The van der Waals surface area contributed by atoms with Crippen molar-refractivity contribution in [3.63, 3.8) is 0 Å². The van der Waals surface area contributed by atoms with Crippen LogP contribution >= 0.6 is 0 Å². The molecule has 2 N–H and O–H groups in total. The predicted molar refractivity (Wildman–Crippen MR) is 59.9 cm³/mol. The molecule has 2 aromatic heterocycles. The van der Waals surface area contributed by atoms with Gasteiger partial charge in [-0.1, -0.05) is 0 Å². The normalized spacial score (nSPS) is 11.8. The van der Waals surface area contributed by atoms with Crippen LogP contribution in [0.5, 0.6) is 0 Å². The van der Waals surface area contributed by atoms with Gasteiger partial charge in [-0.15, -0.1) is 5.10 Å². The Balaban J connectivity index is 1.97. The Labute approximate surface area is 97.3 Å². The molecule has 0 amide bonds. The standard InChI is InChI=1S/C7H11N7O2S/c1-17(15,16)10-3-2-9-6-4-8-5-7-11-12-13-14(6)7/h4-5,9-10H,2-3H2,1H3. The van der Waals surface area contributed by atoms with Gasteiger partial charge in [-0.05, 0) is 10.4 Å². The van der Waals surface area contributed by atoms with E-state index in [4.69, 9.17) is 0 Å². The number of sulfonamides is 1. The molecule has 0 aliphatic heterocycles. The number of tetrazole rings is 1. The van der Waals surface area contributed by atoms with E-state index in [-0.39, 0.29) is 6.54 Å². The molecule has 0 saturated carbocycles. The number of hydrogen-bond donors (Lipinski definition) is 2. The van der Waals surface area contributed by atoms with Crippen LogP contribution in [0.1, 0.15) is 0 Å². The van der Waals surface area contributed by atoms with Crippen molar-refractivity contribution in [1.29, 1.82) is 0 Å². The Morgan fingerprint density at radius 3 is 2.94 bits per heavy atom. The molecule has 2 heterocycles. The van der Waals surface area contributed by atoms with Gasteiger partial charge in [-0.3, -0.25) is 4.98 Å². The van der Waals surface area contributed by atoms with Gasteiger partial charge in [-0.2, -0.15) is 4.52 Å². The molecule has 2 aromatic rings. The molecule has 10 heteroatoms. The van der Waals surface area contributed by atoms with Crippen LogP contribution < -0.4 is 10.0 Å². The zero-order chi connectivity index (χ0) is 12.3. The fraction of sp³-hybridized carbons (Fsp3) is 0.429. The maximum atomic E-state index is 10.8. The van der Waals surface area contributed by atoms with Crippen LogP contribution in [0, 0.1) is 0 Å². The van der Waals surface area contributed by atoms with Gasteiger partial charge >= 0.3 is 0 Å². The second-order valence-corrected chi connectivity index (χ2v) is 5.17. The van der Waals surface area contributed by atoms with Gasteiger partial charge in [0.25, 0.3) is 0 Å². The maximum Gasteiger partial charge on any atom is 0.208 e. The summed E-state index contributed by atoms with van der Waals surface area (Å²) in [6.45, 7) is 0.686. The molecule has 9 nitrogen and oxygen atoms in total. The van der Waals surface area contributed by atoms with Crippen molar-refractivity contribution in [1.82, 2.24) is 29.7 Å². The topological polar surface area (TPSA) is 114 Å². The molecule has 0 bridgehead atoms. The minimum absolute atomic E-state index is 0.275. The van der Waals surface area contributed by atoms with Crippen LogP contribution in [0.2, 0.25) is 0 Å². The molecule has 0 radical (unpaired) electrons. The highest BCUT2D eigenvalue weighted by Gasteiger charge is 2.03. The van der Waals surface area contributed by atoms with Crippen LogP contribution in [0.4, 0.5) is 5.82 Å². The highest BCUT2D eigenvalue weighted by atomic mass is 32.2. The van der Waals surface area contributed by atoms with Gasteiger partial charge in [0.05, 0.1) is 18.6 Å². The minimum atomic E-state index is -3.16. The van der Waals surface area contributed by atoms with Gasteiger partial charge in [0.2, 0.25) is 10.0 Å². The van der Waals surface area contributed by atoms with Gasteiger partial charge in [0.1, 0.15) is 5.82 Å². The van der Waals surface area contributed by atoms with Gasteiger partial charge in [0.15, 0.2) is 5.65 Å². The number of fused-ring (bicyclic) bond motifs is 1. The van der Waals surface area contributed by atoms with Gasteiger partial charge < -0.3 is 5.32 Å². The molecule has 0 aliphatic carbocycles. The summed E-state index contributed by atoms with van der Waals surface area (Å²) >= 11 is 0. The predicted octanol–water partition coefficient (Wildman–Crippen LogP) is -1.52. The first-order valence-corrected chi connectivity index (χ1v) is 6.66. The maximum absolute atomic E-state index is 10.8. The van der Waals surface area contributed by atoms with E-state index in [1.165, 1.54) is 10.7 Å². The van der Waals surface area contributed by atoms with Crippen LogP contribution in [0.3, 0.4) is 0 Å². The number of rotatable bonds is 5. The van der Waals surface area contributed by atoms with E-state index < -0.39 is 10.0 Å². The lowest BCUT2D eigenvalue weighted by molar-refractivity contribution is 0.589. The monoisotopic (exact) mass is 257 g/mol. The van der Waals surface area contributed by atoms with E-state index in [1.807, 2.05) is 0 Å². The summed E-state index contributed by atoms with van der Waals surface area (Å²) in [6, 6.07) is 0. The lowest BCUT2D eigenvalue weighted by atomic mass is 10.6. The molecule has 0 aliphatic rings. The zero-order valence-corrected chi connectivity index (χ0v) is 9.85. The third-order valence-corrected chi connectivity index (χ3v) is 2.63. The number of hydrogen-bond acceptors (Lipinski definition) is 7. The first-order chi connectivity index (χ1) is 8.06. The highest BCUT2D eigenvalue weighted by Crippen LogP contribution is 2.04. The second-order valence-electron chi connectivity index (χ2n) is 3.33. The molecule has 0 spiro atoms. The highest BCUT2D eigenvalue weighted by molar-refractivity contribution is 7.88. The summed E-state index contributed by atoms with van der Waals surface area (Å²) in [5, 5.41) is 14.0. The summed E-state index contributed by atoms with van der Waals surface area (Å²) in [6.07, 6.45) is 4.19. The van der Waals surface area contributed by atoms with Crippen molar-refractivity contribution in [3.05, 3.63) is 12.4 Å². The minimum Gasteiger partial charge on any atom is -0.367 e. The van der Waals surface area contributed by atoms with E-state index in [0.717, 1.165) is 6.26 Å². The van der Waals surface area contributed by atoms with Crippen LogP contribution in [-0.2, 0) is 10.0 Å². The van der Waals surface area contributed by atoms with E-state index in [9.17, 15) is 8.42 Å². The summed E-state index contributed by atoms with van der Waals surface area (Å²) in [4.78, 5) is 3.95. The van der Waals surface area contributed by atoms with E-state index in [2.05, 4.69) is 30.5 Å². The summed E-state index contributed by atoms with van der Waals surface area (Å²) < 4.78 is 25.5. The Morgan fingerprint density at radius 2 is 2.18 bits per heavy atom. The Morgan fingerprint density at radius 1 is 1.35 bits per heavy atom. The third kappa shape index (κ3) is 3.07. The van der Waals surface area contributed by atoms with Gasteiger partial charge in [0, 0.05) is 13.1 Å². The Bertz CT molecular complexity index is 607. The van der Waals surface area contributed by atoms with Gasteiger partial charge in [-0.25, -0.2) is 13.1 Å². The molecule has 2 rings (SSSR count). The molecule has 0 aromatic carbocycles. The fourth-order valence-corrected chi connectivity index (χ4v) is 1.70. The van der Waals surface area contributed by atoms with Crippen molar-refractivity contribution >= 4 is 21.5 Å². The van der Waals surface area contributed by atoms with Crippen molar-refractivity contribution in [2.24, 2.45) is 0 Å². The number of nitrogens with zero attached hydrogens (tertiary/aromatic N) is 5. The van der Waals surface area contributed by atoms with E-state index in [1.54, 1.807) is 6.20 Å². The molecule has 0 unspecified atom stereocenters. The van der Waals surface area contributed by atoms with Crippen molar-refractivity contribution in [2.45, 2.75) is 0 Å². The first-order valence-electron chi connectivity index (χ1n) is 4.77. The lowest BCUT2D eigenvalue weighted by Crippen LogP contribution is -2.28. The summed E-state index contributed by atoms with van der Waals surface area (Å²) in [5.74, 6) is 0.600. The van der Waals surface area contributed by atoms with Crippen molar-refractivity contribution in [3.8, 4) is 0 Å². The first kappa shape index (κ1) is 11.7. The smallest absolute Gasteiger partial charge is 0.208 e. The summed E-state index contributed by atoms with van der Waals surface area (Å²) in [5.41, 5.74) is 0.520. The number of aromatic nitrogens is 5. The van der Waals surface area contributed by atoms with Crippen LogP contribution in [0.25, 0.3) is 5.65 Å². The van der Waals surface area contributed by atoms with Crippen molar-refractivity contribution in [2.75, 3.05) is 24.7 Å². The molecule has 0 fully saturated rings. The second kappa shape index (κ2) is 4.59. The number of nitrogens with one attached hydrogen (secondary N) is 2. The molecule has 0 saturated heterocycles. The molecule has 92 valence electrons. The van der Waals surface area contributed by atoms with E-state index >= 15 is 0 Å². The molecule has 17 heavy (non-hydrogen) atoms. The third-order valence-electron chi connectivity index (χ3n) is 1.90. The largest absolute Gasteiger partial charge is 0.367 e. The fourth-order valence-electron chi connectivity index (χ4n) is 1.22. The summed E-state index contributed by atoms with van der Waals surface area (Å²) in [7, 11) is -3.16. The Kier molecular flexibility index (Phi) is 3.15. The average Bonchev–Trinajstić information content (AvgIpc) is 2.71. The quantitative estimate of drug-likeness (QED) is 0.625. The number of anilines is 1. The van der Waals surface area contributed by atoms with Crippen molar-refractivity contribution < 1.29 is 8.42 Å². The average molecular weight is 257 g/mol. The molecular weight excluding hydrogens is 246 g/mol. The van der Waals surface area contributed by atoms with Crippen LogP contribution in [-0.4, -0.2) is 52.8 Å². The zero-order valence-electron chi connectivity index (χ0n) is 9.03. The van der Waals surface area contributed by atoms with Crippen LogP contribution in [0.15, 0.2) is 12.4 Å².